The lowest BCUT2D eigenvalue weighted by molar-refractivity contribution is 1.26. The van der Waals surface area contributed by atoms with Crippen LogP contribution in [0.1, 0.15) is 11.1 Å². The molecule has 0 saturated heterocycles. The summed E-state index contributed by atoms with van der Waals surface area (Å²) in [5.74, 6) is 0. The zero-order chi connectivity index (χ0) is 19.2. The third kappa shape index (κ3) is 2.53. The molecule has 6 rings (SSSR count). The van der Waals surface area contributed by atoms with Crippen molar-refractivity contribution >= 4 is 10.8 Å². The predicted octanol–water partition coefficient (Wildman–Crippen LogP) is 7.75. The Balaban J connectivity index is 1.60. The van der Waals surface area contributed by atoms with Crippen molar-refractivity contribution in [2.75, 3.05) is 0 Å². The lowest BCUT2D eigenvalue weighted by atomic mass is 9.89. The van der Waals surface area contributed by atoms with E-state index < -0.39 is 0 Å². The van der Waals surface area contributed by atoms with E-state index in [1.54, 1.807) is 0 Å². The molecule has 0 bridgehead atoms. The highest BCUT2D eigenvalue weighted by Crippen LogP contribution is 2.44. The fourth-order valence-corrected chi connectivity index (χ4v) is 4.81. The zero-order valence-corrected chi connectivity index (χ0v) is 16.1. The van der Waals surface area contributed by atoms with Crippen LogP contribution in [-0.4, -0.2) is 0 Å². The molecular formula is C29H20. The second-order valence-corrected chi connectivity index (χ2v) is 7.74. The molecule has 5 aromatic carbocycles. The van der Waals surface area contributed by atoms with Crippen LogP contribution in [0.4, 0.5) is 0 Å². The van der Waals surface area contributed by atoms with Crippen molar-refractivity contribution in [1.29, 1.82) is 0 Å². The summed E-state index contributed by atoms with van der Waals surface area (Å²) >= 11 is 0. The van der Waals surface area contributed by atoms with Crippen molar-refractivity contribution in [2.24, 2.45) is 0 Å². The van der Waals surface area contributed by atoms with Crippen molar-refractivity contribution in [3.8, 4) is 33.4 Å². The Labute approximate surface area is 171 Å². The van der Waals surface area contributed by atoms with Crippen molar-refractivity contribution < 1.29 is 0 Å². The highest BCUT2D eigenvalue weighted by molar-refractivity contribution is 6.06. The smallest absolute Gasteiger partial charge is 0.000728 e. The summed E-state index contributed by atoms with van der Waals surface area (Å²) in [7, 11) is 0. The molecule has 0 amide bonds. The molecule has 0 radical (unpaired) electrons. The van der Waals surface area contributed by atoms with Crippen LogP contribution in [0.15, 0.2) is 109 Å². The monoisotopic (exact) mass is 368 g/mol. The summed E-state index contributed by atoms with van der Waals surface area (Å²) < 4.78 is 0. The molecule has 5 aromatic rings. The molecule has 0 heteroatoms. The van der Waals surface area contributed by atoms with Crippen LogP contribution in [0.3, 0.4) is 0 Å². The minimum absolute atomic E-state index is 1.01. The first-order chi connectivity index (χ1) is 14.4. The summed E-state index contributed by atoms with van der Waals surface area (Å²) in [5.41, 5.74) is 10.9. The standard InChI is InChI=1S/C29H20/c1-2-9-20(10-3-1)23-17-18-28(26-14-7-6-13-24(23)26)27-16-8-15-25-22-12-5-4-11-21(22)19-29(25)27/h1-18H,19H2. The van der Waals surface area contributed by atoms with Gasteiger partial charge in [0.2, 0.25) is 0 Å². The highest BCUT2D eigenvalue weighted by atomic mass is 14.3. The van der Waals surface area contributed by atoms with E-state index in [-0.39, 0.29) is 0 Å². The average molecular weight is 368 g/mol. The van der Waals surface area contributed by atoms with Gasteiger partial charge < -0.3 is 0 Å². The van der Waals surface area contributed by atoms with Gasteiger partial charge in [0.25, 0.3) is 0 Å². The summed E-state index contributed by atoms with van der Waals surface area (Å²) in [6.45, 7) is 0. The quantitative estimate of drug-likeness (QED) is 0.293. The fraction of sp³-hybridized carbons (Fsp3) is 0.0345. The largest absolute Gasteiger partial charge is 0.0622 e. The van der Waals surface area contributed by atoms with Gasteiger partial charge in [-0.05, 0) is 61.7 Å². The summed E-state index contributed by atoms with van der Waals surface area (Å²) in [5, 5.41) is 2.63. The third-order valence-electron chi connectivity index (χ3n) is 6.15. The number of rotatable bonds is 2. The molecule has 0 N–H and O–H groups in total. The molecule has 1 aliphatic carbocycles. The first kappa shape index (κ1) is 16.3. The van der Waals surface area contributed by atoms with Gasteiger partial charge >= 0.3 is 0 Å². The van der Waals surface area contributed by atoms with E-state index in [1.807, 2.05) is 0 Å². The van der Waals surface area contributed by atoms with Crippen LogP contribution >= 0.6 is 0 Å². The SMILES string of the molecule is c1ccc(-c2ccc(-c3cccc4c3Cc3ccccc3-4)c3ccccc23)cc1. The van der Waals surface area contributed by atoms with E-state index in [1.165, 1.54) is 55.3 Å². The maximum Gasteiger partial charge on any atom is -0.000728 e. The van der Waals surface area contributed by atoms with Crippen LogP contribution in [0.25, 0.3) is 44.2 Å². The molecule has 1 aliphatic rings. The fourth-order valence-electron chi connectivity index (χ4n) is 4.81. The molecule has 136 valence electrons. The van der Waals surface area contributed by atoms with E-state index in [0.29, 0.717) is 0 Å². The Morgan fingerprint density at radius 2 is 0.966 bits per heavy atom. The molecule has 0 atom stereocenters. The Hall–Kier alpha value is -3.64. The predicted molar refractivity (Wildman–Crippen MR) is 123 cm³/mol. The van der Waals surface area contributed by atoms with Gasteiger partial charge in [-0.3, -0.25) is 0 Å². The molecule has 0 fully saturated rings. The van der Waals surface area contributed by atoms with Crippen LogP contribution in [0, 0.1) is 0 Å². The lowest BCUT2D eigenvalue weighted by Gasteiger charge is -2.15. The number of hydrogen-bond donors (Lipinski definition) is 0. The van der Waals surface area contributed by atoms with Gasteiger partial charge in [0.05, 0.1) is 0 Å². The second kappa shape index (κ2) is 6.46. The molecule has 0 nitrogen and oxygen atoms in total. The van der Waals surface area contributed by atoms with E-state index >= 15 is 0 Å². The van der Waals surface area contributed by atoms with E-state index in [0.717, 1.165) is 6.42 Å². The Morgan fingerprint density at radius 1 is 0.379 bits per heavy atom. The Kier molecular flexibility index (Phi) is 3.64. The summed E-state index contributed by atoms with van der Waals surface area (Å²) in [4.78, 5) is 0. The first-order valence-electron chi connectivity index (χ1n) is 10.2. The van der Waals surface area contributed by atoms with Crippen LogP contribution in [-0.2, 0) is 6.42 Å². The summed E-state index contributed by atoms with van der Waals surface area (Å²) in [6, 6.07) is 39.6. The van der Waals surface area contributed by atoms with Gasteiger partial charge in [0.1, 0.15) is 0 Å². The molecule has 0 aromatic heterocycles. The highest BCUT2D eigenvalue weighted by Gasteiger charge is 2.22. The van der Waals surface area contributed by atoms with Crippen molar-refractivity contribution in [2.45, 2.75) is 6.42 Å². The third-order valence-corrected chi connectivity index (χ3v) is 6.15. The number of benzene rings is 5. The molecule has 29 heavy (non-hydrogen) atoms. The van der Waals surface area contributed by atoms with Gasteiger partial charge in [0.15, 0.2) is 0 Å². The maximum atomic E-state index is 2.31. The minimum Gasteiger partial charge on any atom is -0.0622 e. The van der Waals surface area contributed by atoms with Gasteiger partial charge in [-0.2, -0.15) is 0 Å². The van der Waals surface area contributed by atoms with Crippen LogP contribution < -0.4 is 0 Å². The Morgan fingerprint density at radius 3 is 1.79 bits per heavy atom. The van der Waals surface area contributed by atoms with Crippen LogP contribution in [0.5, 0.6) is 0 Å². The number of hydrogen-bond acceptors (Lipinski definition) is 0. The van der Waals surface area contributed by atoms with Gasteiger partial charge in [0, 0.05) is 0 Å². The van der Waals surface area contributed by atoms with Crippen LogP contribution in [0.2, 0.25) is 0 Å². The average Bonchev–Trinajstić information content (AvgIpc) is 3.18. The maximum absolute atomic E-state index is 2.31. The van der Waals surface area contributed by atoms with Crippen molar-refractivity contribution in [3.63, 3.8) is 0 Å². The first-order valence-corrected chi connectivity index (χ1v) is 10.2. The molecule has 0 saturated carbocycles. The lowest BCUT2D eigenvalue weighted by Crippen LogP contribution is -1.91. The van der Waals surface area contributed by atoms with E-state index in [2.05, 4.69) is 109 Å². The summed E-state index contributed by atoms with van der Waals surface area (Å²) in [6.07, 6.45) is 1.01. The minimum atomic E-state index is 1.01. The Bertz CT molecular complexity index is 1360. The molecular weight excluding hydrogens is 348 g/mol. The second-order valence-electron chi connectivity index (χ2n) is 7.74. The van der Waals surface area contributed by atoms with Crippen molar-refractivity contribution in [1.82, 2.24) is 0 Å². The van der Waals surface area contributed by atoms with Gasteiger partial charge in [-0.25, -0.2) is 0 Å². The molecule has 0 aliphatic heterocycles. The molecule has 0 heterocycles. The van der Waals surface area contributed by atoms with E-state index in [9.17, 15) is 0 Å². The molecule has 0 spiro atoms. The van der Waals surface area contributed by atoms with Crippen molar-refractivity contribution in [3.05, 3.63) is 120 Å². The normalized spacial score (nSPS) is 12.0. The molecule has 0 unspecified atom stereocenters. The van der Waals surface area contributed by atoms with Gasteiger partial charge in [-0.1, -0.05) is 109 Å². The topological polar surface area (TPSA) is 0 Å². The number of fused-ring (bicyclic) bond motifs is 4. The van der Waals surface area contributed by atoms with Gasteiger partial charge in [-0.15, -0.1) is 0 Å². The van der Waals surface area contributed by atoms with E-state index in [4.69, 9.17) is 0 Å². The zero-order valence-electron chi connectivity index (χ0n) is 16.1.